The molecule has 0 saturated carbocycles. The molecule has 30 heavy (non-hydrogen) atoms. The van der Waals surface area contributed by atoms with Crippen molar-refractivity contribution in [2.45, 2.75) is 25.7 Å². The van der Waals surface area contributed by atoms with Crippen LogP contribution < -0.4 is 10.1 Å². The second-order valence-corrected chi connectivity index (χ2v) is 6.66. The van der Waals surface area contributed by atoms with Crippen molar-refractivity contribution in [3.05, 3.63) is 65.2 Å². The van der Waals surface area contributed by atoms with Crippen molar-refractivity contribution in [1.29, 1.82) is 0 Å². The highest BCUT2D eigenvalue weighted by atomic mass is 19.4. The highest BCUT2D eigenvalue weighted by molar-refractivity contribution is 5.78. The third-order valence-corrected chi connectivity index (χ3v) is 3.78. The average Bonchev–Trinajstić information content (AvgIpc) is 2.67. The Balaban J connectivity index is 0.000000553. The number of ether oxygens (including phenoxy) is 1. The molecule has 9 heteroatoms. The van der Waals surface area contributed by atoms with Crippen LogP contribution >= 0.6 is 0 Å². The van der Waals surface area contributed by atoms with Crippen LogP contribution in [-0.2, 0) is 29.1 Å². The number of hydrogen-bond acceptors (Lipinski definition) is 4. The van der Waals surface area contributed by atoms with Gasteiger partial charge in [0.2, 0.25) is 5.91 Å². The van der Waals surface area contributed by atoms with E-state index in [1.165, 1.54) is 5.56 Å². The Bertz CT molecular complexity index is 804. The molecule has 0 aliphatic rings. The van der Waals surface area contributed by atoms with Gasteiger partial charge in [-0.05, 0) is 42.9 Å². The highest BCUT2D eigenvalue weighted by Gasteiger charge is 2.38. The number of amides is 1. The number of nitrogens with one attached hydrogen (secondary N) is 1. The number of carbonyl (C=O) groups excluding carboxylic acids is 1. The largest absolute Gasteiger partial charge is 0.497 e. The lowest BCUT2D eigenvalue weighted by Gasteiger charge is -2.10. The lowest BCUT2D eigenvalue weighted by Crippen LogP contribution is -2.24. The first kappa shape index (κ1) is 25.0. The zero-order valence-corrected chi connectivity index (χ0v) is 17.0. The summed E-state index contributed by atoms with van der Waals surface area (Å²) in [6.45, 7) is 1.47. The summed E-state index contributed by atoms with van der Waals surface area (Å²) in [6, 6.07) is 15.9. The third-order valence-electron chi connectivity index (χ3n) is 3.78. The van der Waals surface area contributed by atoms with E-state index in [-0.39, 0.29) is 5.91 Å². The molecule has 0 fully saturated rings. The lowest BCUT2D eigenvalue weighted by atomic mass is 10.1. The van der Waals surface area contributed by atoms with Crippen molar-refractivity contribution in [2.24, 2.45) is 0 Å². The second kappa shape index (κ2) is 11.8. The minimum Gasteiger partial charge on any atom is -0.497 e. The van der Waals surface area contributed by atoms with Crippen LogP contribution in [0, 0.1) is 0 Å². The molecule has 2 N–H and O–H groups in total. The predicted molar refractivity (Wildman–Crippen MR) is 106 cm³/mol. The molecule has 0 bridgehead atoms. The summed E-state index contributed by atoms with van der Waals surface area (Å²) >= 11 is 0. The maximum atomic E-state index is 12.0. The molecule has 0 spiro atoms. The maximum Gasteiger partial charge on any atom is 0.490 e. The van der Waals surface area contributed by atoms with E-state index in [2.05, 4.69) is 34.5 Å². The number of carbonyl (C=O) groups is 2. The van der Waals surface area contributed by atoms with Crippen LogP contribution in [0.15, 0.2) is 48.5 Å². The monoisotopic (exact) mass is 426 g/mol. The van der Waals surface area contributed by atoms with Gasteiger partial charge >= 0.3 is 12.1 Å². The van der Waals surface area contributed by atoms with Gasteiger partial charge in [-0.1, -0.05) is 36.4 Å². The number of hydrogen-bond donors (Lipinski definition) is 2. The van der Waals surface area contributed by atoms with Crippen LogP contribution in [0.4, 0.5) is 13.2 Å². The normalized spacial score (nSPS) is 10.8. The number of benzene rings is 2. The summed E-state index contributed by atoms with van der Waals surface area (Å²) in [5.41, 5.74) is 3.35. The summed E-state index contributed by atoms with van der Waals surface area (Å²) in [5, 5.41) is 10.1. The molecule has 0 unspecified atom stereocenters. The molecule has 0 radical (unpaired) electrons. The van der Waals surface area contributed by atoms with E-state index in [4.69, 9.17) is 14.6 Å². The van der Waals surface area contributed by atoms with Gasteiger partial charge in [0, 0.05) is 13.1 Å². The summed E-state index contributed by atoms with van der Waals surface area (Å²) in [7, 11) is 5.73. The van der Waals surface area contributed by atoms with Crippen molar-refractivity contribution in [1.82, 2.24) is 10.2 Å². The summed E-state index contributed by atoms with van der Waals surface area (Å²) in [6.07, 6.45) is -4.71. The van der Waals surface area contributed by atoms with E-state index in [9.17, 15) is 18.0 Å². The first-order valence-corrected chi connectivity index (χ1v) is 8.93. The van der Waals surface area contributed by atoms with E-state index in [1.807, 2.05) is 38.4 Å². The molecule has 0 saturated heterocycles. The van der Waals surface area contributed by atoms with Crippen LogP contribution in [-0.4, -0.2) is 49.3 Å². The van der Waals surface area contributed by atoms with E-state index in [0.29, 0.717) is 13.0 Å². The fourth-order valence-corrected chi connectivity index (χ4v) is 2.32. The van der Waals surface area contributed by atoms with E-state index < -0.39 is 12.1 Å². The van der Waals surface area contributed by atoms with Gasteiger partial charge < -0.3 is 20.1 Å². The van der Waals surface area contributed by atoms with Gasteiger partial charge in [0.15, 0.2) is 0 Å². The fraction of sp³-hybridized carbons (Fsp3) is 0.333. The van der Waals surface area contributed by atoms with Crippen molar-refractivity contribution in [2.75, 3.05) is 21.2 Å². The molecule has 0 atom stereocenters. The Kier molecular flexibility index (Phi) is 9.83. The molecule has 2 rings (SSSR count). The van der Waals surface area contributed by atoms with Gasteiger partial charge in [-0.25, -0.2) is 4.79 Å². The minimum atomic E-state index is -5.08. The van der Waals surface area contributed by atoms with E-state index in [1.54, 1.807) is 7.11 Å². The molecule has 6 nitrogen and oxygen atoms in total. The van der Waals surface area contributed by atoms with E-state index in [0.717, 1.165) is 23.4 Å². The lowest BCUT2D eigenvalue weighted by molar-refractivity contribution is -0.192. The third kappa shape index (κ3) is 9.92. The summed E-state index contributed by atoms with van der Waals surface area (Å²) < 4.78 is 36.8. The van der Waals surface area contributed by atoms with Gasteiger partial charge in [-0.2, -0.15) is 13.2 Å². The molecular weight excluding hydrogens is 401 g/mol. The Morgan fingerprint density at radius 2 is 1.43 bits per heavy atom. The van der Waals surface area contributed by atoms with Gasteiger partial charge in [0.25, 0.3) is 0 Å². The quantitative estimate of drug-likeness (QED) is 0.711. The first-order valence-electron chi connectivity index (χ1n) is 8.93. The summed E-state index contributed by atoms with van der Waals surface area (Å²) in [5.74, 6) is -1.94. The Labute approximate surface area is 173 Å². The van der Waals surface area contributed by atoms with Crippen LogP contribution in [0.1, 0.15) is 16.7 Å². The van der Waals surface area contributed by atoms with E-state index >= 15 is 0 Å². The number of methoxy groups -OCH3 is 1. The molecule has 0 heterocycles. The fourth-order valence-electron chi connectivity index (χ4n) is 2.32. The smallest absolute Gasteiger partial charge is 0.490 e. The molecular formula is C21H25F3N2O4. The van der Waals surface area contributed by atoms with Crippen LogP contribution in [0.5, 0.6) is 5.75 Å². The summed E-state index contributed by atoms with van der Waals surface area (Å²) in [4.78, 5) is 23.0. The molecule has 2 aromatic carbocycles. The van der Waals surface area contributed by atoms with Gasteiger partial charge in [0.1, 0.15) is 5.75 Å². The average molecular weight is 426 g/mol. The number of carboxylic acids is 1. The standard InChI is InChI=1S/C19H24N2O2.C2HF3O2/c1-21(2)14-17-6-4-16(5-7-17)13-20-19(22)12-15-8-10-18(23-3)11-9-15;3-2(4,5)1(6)7/h4-11H,12-14H2,1-3H3,(H,20,22);(H,6,7). The van der Waals surface area contributed by atoms with Crippen molar-refractivity contribution >= 4 is 11.9 Å². The van der Waals surface area contributed by atoms with Crippen LogP contribution in [0.25, 0.3) is 0 Å². The van der Waals surface area contributed by atoms with Crippen LogP contribution in [0.3, 0.4) is 0 Å². The van der Waals surface area contributed by atoms with Crippen molar-refractivity contribution in [3.63, 3.8) is 0 Å². The van der Waals surface area contributed by atoms with Gasteiger partial charge in [0.05, 0.1) is 13.5 Å². The Morgan fingerprint density at radius 1 is 0.967 bits per heavy atom. The number of alkyl halides is 3. The second-order valence-electron chi connectivity index (χ2n) is 6.66. The van der Waals surface area contributed by atoms with Crippen LogP contribution in [0.2, 0.25) is 0 Å². The zero-order chi connectivity index (χ0) is 22.7. The Hall–Kier alpha value is -3.07. The predicted octanol–water partition coefficient (Wildman–Crippen LogP) is 3.25. The van der Waals surface area contributed by atoms with Gasteiger partial charge in [-0.15, -0.1) is 0 Å². The topological polar surface area (TPSA) is 78.9 Å². The first-order chi connectivity index (χ1) is 14.0. The maximum absolute atomic E-state index is 12.0. The number of halogens is 3. The number of aliphatic carboxylic acids is 1. The van der Waals surface area contributed by atoms with Crippen molar-refractivity contribution in [3.8, 4) is 5.75 Å². The molecule has 1 amide bonds. The molecule has 164 valence electrons. The van der Waals surface area contributed by atoms with Crippen molar-refractivity contribution < 1.29 is 32.6 Å². The SMILES string of the molecule is COc1ccc(CC(=O)NCc2ccc(CN(C)C)cc2)cc1.O=C(O)C(F)(F)F. The zero-order valence-electron chi connectivity index (χ0n) is 17.0. The number of carboxylic acid groups (broad SMARTS) is 1. The number of nitrogens with zero attached hydrogens (tertiary/aromatic N) is 1. The molecule has 0 aliphatic carbocycles. The number of rotatable bonds is 7. The molecule has 2 aromatic rings. The molecule has 0 aliphatic heterocycles. The highest BCUT2D eigenvalue weighted by Crippen LogP contribution is 2.13. The molecule has 0 aromatic heterocycles. The Morgan fingerprint density at radius 3 is 1.87 bits per heavy atom. The van der Waals surface area contributed by atoms with Gasteiger partial charge in [-0.3, -0.25) is 4.79 Å². The minimum absolute atomic E-state index is 0.0209.